The number of anilines is 1. The molecule has 2 aliphatic heterocycles. The molecule has 2 aromatic rings. The molecule has 0 fully saturated rings. The van der Waals surface area contributed by atoms with Crippen molar-refractivity contribution in [3.8, 4) is 5.75 Å². The number of aryl methyl sites for hydroxylation is 1. The Labute approximate surface area is 139 Å². The van der Waals surface area contributed by atoms with Gasteiger partial charge in [0.15, 0.2) is 0 Å². The predicted molar refractivity (Wildman–Crippen MR) is 92.3 cm³/mol. The zero-order chi connectivity index (χ0) is 16.7. The fraction of sp³-hybridized carbons (Fsp3) is 0.167. The first-order valence-corrected chi connectivity index (χ1v) is 7.78. The van der Waals surface area contributed by atoms with Gasteiger partial charge in [-0.2, -0.15) is 5.90 Å². The van der Waals surface area contributed by atoms with Crippen molar-refractivity contribution in [2.75, 3.05) is 11.9 Å². The average Bonchev–Trinajstić information content (AvgIpc) is 2.61. The van der Waals surface area contributed by atoms with Gasteiger partial charge < -0.3 is 20.8 Å². The maximum atomic E-state index is 12.2. The number of hydrogen-bond donors (Lipinski definition) is 4. The number of urea groups is 1. The van der Waals surface area contributed by atoms with Gasteiger partial charge >= 0.3 is 6.03 Å². The molecule has 0 aromatic heterocycles. The van der Waals surface area contributed by atoms with Crippen LogP contribution in [0.4, 0.5) is 10.5 Å². The summed E-state index contributed by atoms with van der Waals surface area (Å²) < 4.78 is 0. The summed E-state index contributed by atoms with van der Waals surface area (Å²) in [6, 6.07) is 13.3. The number of benzene rings is 2. The molecule has 0 bridgehead atoms. The zero-order valence-electron chi connectivity index (χ0n) is 13.2. The van der Waals surface area contributed by atoms with Gasteiger partial charge in [0.2, 0.25) is 0 Å². The van der Waals surface area contributed by atoms with E-state index >= 15 is 0 Å². The summed E-state index contributed by atoms with van der Waals surface area (Å²) in [5, 5.41) is 9.38. The molecule has 1 unspecified atom stereocenters. The van der Waals surface area contributed by atoms with E-state index in [0.717, 1.165) is 33.6 Å². The lowest BCUT2D eigenvalue weighted by Gasteiger charge is -2.35. The number of carbonyl (C=O) groups excluding carboxylic acids is 1. The number of nitrogens with two attached hydrogens (primary N) is 1. The fourth-order valence-electron chi connectivity index (χ4n) is 3.34. The fourth-order valence-corrected chi connectivity index (χ4v) is 3.34. The van der Waals surface area contributed by atoms with Crippen LogP contribution in [0.5, 0.6) is 5.75 Å². The first kappa shape index (κ1) is 14.6. The molecular weight excluding hydrogens is 304 g/mol. The van der Waals surface area contributed by atoms with E-state index in [-0.39, 0.29) is 12.1 Å². The summed E-state index contributed by atoms with van der Waals surface area (Å²) in [5.74, 6) is 5.89. The molecule has 24 heavy (non-hydrogen) atoms. The lowest BCUT2D eigenvalue weighted by molar-refractivity contribution is 0.240. The molecular formula is C18H18N4O2. The highest BCUT2D eigenvalue weighted by atomic mass is 16.6. The van der Waals surface area contributed by atoms with Crippen molar-refractivity contribution in [2.45, 2.75) is 13.0 Å². The molecule has 5 N–H and O–H groups in total. The number of nitrogens with one attached hydrogen (secondary N) is 3. The maximum Gasteiger partial charge on any atom is 0.320 e. The normalized spacial score (nSPS) is 18.8. The average molecular weight is 322 g/mol. The van der Waals surface area contributed by atoms with Gasteiger partial charge in [0.1, 0.15) is 5.75 Å². The molecule has 2 aromatic carbocycles. The molecule has 0 saturated heterocycles. The van der Waals surface area contributed by atoms with Crippen molar-refractivity contribution in [3.05, 3.63) is 64.7 Å². The predicted octanol–water partition coefficient (Wildman–Crippen LogP) is 2.44. The van der Waals surface area contributed by atoms with Crippen molar-refractivity contribution in [1.82, 2.24) is 10.6 Å². The first-order chi connectivity index (χ1) is 11.7. The van der Waals surface area contributed by atoms with Gasteiger partial charge in [-0.3, -0.25) is 0 Å². The van der Waals surface area contributed by atoms with Crippen LogP contribution < -0.4 is 26.7 Å². The second-order valence-electron chi connectivity index (χ2n) is 5.97. The van der Waals surface area contributed by atoms with Crippen LogP contribution in [0.15, 0.2) is 48.0 Å². The molecule has 2 amide bonds. The summed E-state index contributed by atoms with van der Waals surface area (Å²) in [4.78, 5) is 17.0. The van der Waals surface area contributed by atoms with Crippen molar-refractivity contribution >= 4 is 17.4 Å². The standard InChI is InChI=1S/C18H18N4O2/c1-10-8-11(6-7-15(10)24-19)16-13-9-20-14-5-3-2-4-12(14)17(13)22-18(23)21-16/h2-8,16,20H,9,19H2,1H3,(H2,21,22,23). The highest BCUT2D eigenvalue weighted by Crippen LogP contribution is 2.37. The van der Waals surface area contributed by atoms with Crippen molar-refractivity contribution in [2.24, 2.45) is 5.90 Å². The van der Waals surface area contributed by atoms with E-state index in [0.29, 0.717) is 12.3 Å². The Morgan fingerprint density at radius 2 is 2.04 bits per heavy atom. The topological polar surface area (TPSA) is 88.4 Å². The summed E-state index contributed by atoms with van der Waals surface area (Å²) >= 11 is 0. The summed E-state index contributed by atoms with van der Waals surface area (Å²) in [5.41, 5.74) is 5.95. The third-order valence-electron chi connectivity index (χ3n) is 4.51. The van der Waals surface area contributed by atoms with Crippen LogP contribution >= 0.6 is 0 Å². The number of rotatable bonds is 2. The van der Waals surface area contributed by atoms with E-state index < -0.39 is 0 Å². The van der Waals surface area contributed by atoms with Crippen LogP contribution in [0.1, 0.15) is 22.7 Å². The van der Waals surface area contributed by atoms with Gasteiger partial charge in [0.05, 0.1) is 11.7 Å². The molecule has 6 heteroatoms. The first-order valence-electron chi connectivity index (χ1n) is 7.78. The molecule has 2 aliphatic rings. The summed E-state index contributed by atoms with van der Waals surface area (Å²) in [7, 11) is 0. The Morgan fingerprint density at radius 3 is 2.83 bits per heavy atom. The molecule has 6 nitrogen and oxygen atoms in total. The van der Waals surface area contributed by atoms with Crippen LogP contribution in [-0.2, 0) is 0 Å². The Kier molecular flexibility index (Phi) is 3.39. The Hall–Kier alpha value is -2.99. The van der Waals surface area contributed by atoms with Gasteiger partial charge in [0, 0.05) is 17.8 Å². The molecule has 2 heterocycles. The Morgan fingerprint density at radius 1 is 1.21 bits per heavy atom. The number of carbonyl (C=O) groups is 1. The van der Waals surface area contributed by atoms with Crippen molar-refractivity contribution < 1.29 is 9.63 Å². The van der Waals surface area contributed by atoms with Gasteiger partial charge in [-0.25, -0.2) is 4.79 Å². The van der Waals surface area contributed by atoms with Gasteiger partial charge in [0.25, 0.3) is 0 Å². The number of amides is 2. The Bertz CT molecular complexity index is 860. The highest BCUT2D eigenvalue weighted by Gasteiger charge is 2.32. The minimum absolute atomic E-state index is 0.194. The van der Waals surface area contributed by atoms with E-state index in [9.17, 15) is 4.79 Å². The smallest absolute Gasteiger partial charge is 0.320 e. The largest absolute Gasteiger partial charge is 0.411 e. The molecule has 4 rings (SSSR count). The molecule has 0 spiro atoms. The van der Waals surface area contributed by atoms with E-state index in [2.05, 4.69) is 16.0 Å². The molecule has 1 atom stereocenters. The maximum absolute atomic E-state index is 12.2. The molecule has 0 aliphatic carbocycles. The molecule has 0 radical (unpaired) electrons. The van der Waals surface area contributed by atoms with Crippen LogP contribution in [0, 0.1) is 6.92 Å². The van der Waals surface area contributed by atoms with E-state index in [4.69, 9.17) is 10.7 Å². The zero-order valence-corrected chi connectivity index (χ0v) is 13.2. The number of hydrogen-bond acceptors (Lipinski definition) is 4. The highest BCUT2D eigenvalue weighted by molar-refractivity contribution is 5.94. The lowest BCUT2D eigenvalue weighted by atomic mass is 9.89. The van der Waals surface area contributed by atoms with E-state index in [1.807, 2.05) is 49.4 Å². The van der Waals surface area contributed by atoms with Gasteiger partial charge in [-0.15, -0.1) is 0 Å². The van der Waals surface area contributed by atoms with Crippen LogP contribution in [0.3, 0.4) is 0 Å². The summed E-state index contributed by atoms with van der Waals surface area (Å²) in [6.07, 6.45) is 0. The monoisotopic (exact) mass is 322 g/mol. The quantitative estimate of drug-likeness (QED) is 0.640. The van der Waals surface area contributed by atoms with Crippen LogP contribution in [0.25, 0.3) is 5.70 Å². The molecule has 122 valence electrons. The second-order valence-corrected chi connectivity index (χ2v) is 5.97. The van der Waals surface area contributed by atoms with Crippen LogP contribution in [-0.4, -0.2) is 12.6 Å². The van der Waals surface area contributed by atoms with Gasteiger partial charge in [-0.05, 0) is 41.8 Å². The van der Waals surface area contributed by atoms with E-state index in [1.54, 1.807) is 0 Å². The molecule has 0 saturated carbocycles. The van der Waals surface area contributed by atoms with Crippen molar-refractivity contribution in [1.29, 1.82) is 0 Å². The number of para-hydroxylation sites is 1. The third kappa shape index (κ3) is 2.28. The minimum atomic E-state index is -0.202. The Balaban J connectivity index is 1.82. The van der Waals surface area contributed by atoms with E-state index in [1.165, 1.54) is 0 Å². The van der Waals surface area contributed by atoms with Gasteiger partial charge in [-0.1, -0.05) is 24.3 Å². The second kappa shape index (κ2) is 5.58. The number of fused-ring (bicyclic) bond motifs is 2. The van der Waals surface area contributed by atoms with Crippen LogP contribution in [0.2, 0.25) is 0 Å². The lowest BCUT2D eigenvalue weighted by Crippen LogP contribution is -2.45. The SMILES string of the molecule is Cc1cc(C2NC(=O)NC3=C2CNc2ccccc23)ccc1ON. The minimum Gasteiger partial charge on any atom is -0.411 e. The summed E-state index contributed by atoms with van der Waals surface area (Å²) in [6.45, 7) is 2.59. The third-order valence-corrected chi connectivity index (χ3v) is 4.51. The van der Waals surface area contributed by atoms with Crippen molar-refractivity contribution in [3.63, 3.8) is 0 Å².